The van der Waals surface area contributed by atoms with Crippen LogP contribution in [0.15, 0.2) is 12.1 Å². The van der Waals surface area contributed by atoms with Crippen molar-refractivity contribution in [3.05, 3.63) is 35.1 Å². The predicted octanol–water partition coefficient (Wildman–Crippen LogP) is 5.12. The Kier molecular flexibility index (Phi) is 6.09. The minimum atomic E-state index is -1.37. The third kappa shape index (κ3) is 4.22. The maximum Gasteiger partial charge on any atom is 0.194 e. The molecule has 1 aromatic carbocycles. The Hall–Kier alpha value is -1.03. The summed E-state index contributed by atoms with van der Waals surface area (Å²) in [5, 5.41) is 3.20. The van der Waals surface area contributed by atoms with Gasteiger partial charge in [0.2, 0.25) is 0 Å². The summed E-state index contributed by atoms with van der Waals surface area (Å²) in [4.78, 5) is 0. The van der Waals surface area contributed by atoms with Gasteiger partial charge in [0.05, 0.1) is 0 Å². The van der Waals surface area contributed by atoms with Crippen LogP contribution < -0.4 is 5.32 Å². The molecule has 0 amide bonds. The van der Waals surface area contributed by atoms with Crippen molar-refractivity contribution in [1.29, 1.82) is 0 Å². The maximum absolute atomic E-state index is 13.9. The lowest BCUT2D eigenvalue weighted by atomic mass is 9.84. The molecule has 1 aromatic rings. The van der Waals surface area contributed by atoms with E-state index in [1.165, 1.54) is 38.2 Å². The zero-order valence-electron chi connectivity index (χ0n) is 12.6. The van der Waals surface area contributed by atoms with Gasteiger partial charge in [-0.2, -0.15) is 0 Å². The fourth-order valence-corrected chi connectivity index (χ4v) is 3.30. The van der Waals surface area contributed by atoms with Gasteiger partial charge in [-0.05, 0) is 31.4 Å². The van der Waals surface area contributed by atoms with Crippen molar-refractivity contribution in [2.24, 2.45) is 5.92 Å². The zero-order valence-corrected chi connectivity index (χ0v) is 12.6. The van der Waals surface area contributed by atoms with Crippen LogP contribution in [0.1, 0.15) is 63.5 Å². The van der Waals surface area contributed by atoms with Gasteiger partial charge in [0.15, 0.2) is 17.5 Å². The zero-order chi connectivity index (χ0) is 15.2. The van der Waals surface area contributed by atoms with Gasteiger partial charge in [-0.3, -0.25) is 0 Å². The first-order valence-corrected chi connectivity index (χ1v) is 8.00. The summed E-state index contributed by atoms with van der Waals surface area (Å²) < 4.78 is 40.4. The first kappa shape index (κ1) is 16.3. The third-order valence-corrected chi connectivity index (χ3v) is 4.48. The van der Waals surface area contributed by atoms with E-state index >= 15 is 0 Å². The number of rotatable bonds is 6. The van der Waals surface area contributed by atoms with E-state index in [0.29, 0.717) is 12.5 Å². The Balaban J connectivity index is 2.05. The first-order chi connectivity index (χ1) is 10.1. The Morgan fingerprint density at radius 1 is 1.10 bits per heavy atom. The highest BCUT2D eigenvalue weighted by molar-refractivity contribution is 5.23. The normalized spacial score (nSPS) is 17.9. The van der Waals surface area contributed by atoms with Gasteiger partial charge in [0.25, 0.3) is 0 Å². The summed E-state index contributed by atoms with van der Waals surface area (Å²) in [5.41, 5.74) is 0.242. The second-order valence-corrected chi connectivity index (χ2v) is 5.96. The average molecular weight is 299 g/mol. The molecule has 0 aromatic heterocycles. The lowest BCUT2D eigenvalue weighted by Gasteiger charge is -2.25. The summed E-state index contributed by atoms with van der Waals surface area (Å²) >= 11 is 0. The van der Waals surface area contributed by atoms with E-state index in [2.05, 4.69) is 5.32 Å². The van der Waals surface area contributed by atoms with E-state index in [0.717, 1.165) is 18.9 Å². The summed E-state index contributed by atoms with van der Waals surface area (Å²) in [6.45, 7) is 2.61. The average Bonchev–Trinajstić information content (AvgIpc) is 2.51. The molecule has 0 aliphatic heterocycles. The van der Waals surface area contributed by atoms with E-state index in [4.69, 9.17) is 0 Å². The van der Waals surface area contributed by atoms with Crippen LogP contribution in [0.5, 0.6) is 0 Å². The topological polar surface area (TPSA) is 12.0 Å². The molecule has 0 saturated heterocycles. The van der Waals surface area contributed by atoms with Gasteiger partial charge in [0.1, 0.15) is 0 Å². The highest BCUT2D eigenvalue weighted by Crippen LogP contribution is 2.31. The van der Waals surface area contributed by atoms with Crippen LogP contribution in [-0.4, -0.2) is 6.54 Å². The molecule has 1 atom stereocenters. The van der Waals surface area contributed by atoms with Gasteiger partial charge in [-0.15, -0.1) is 0 Å². The largest absolute Gasteiger partial charge is 0.310 e. The lowest BCUT2D eigenvalue weighted by Crippen LogP contribution is -2.23. The highest BCUT2D eigenvalue weighted by Gasteiger charge is 2.22. The van der Waals surface area contributed by atoms with Crippen molar-refractivity contribution in [2.75, 3.05) is 6.54 Å². The number of hydrogen-bond acceptors (Lipinski definition) is 1. The fourth-order valence-electron chi connectivity index (χ4n) is 3.30. The van der Waals surface area contributed by atoms with Gasteiger partial charge in [-0.25, -0.2) is 13.2 Å². The van der Waals surface area contributed by atoms with Crippen LogP contribution in [0.25, 0.3) is 0 Å². The smallest absolute Gasteiger partial charge is 0.194 e. The summed E-state index contributed by atoms with van der Waals surface area (Å²) in [7, 11) is 0. The molecule has 1 aliphatic rings. The van der Waals surface area contributed by atoms with Crippen molar-refractivity contribution < 1.29 is 13.2 Å². The number of nitrogens with one attached hydrogen (secondary N) is 1. The number of hydrogen-bond donors (Lipinski definition) is 1. The predicted molar refractivity (Wildman–Crippen MR) is 78.5 cm³/mol. The molecule has 118 valence electrons. The van der Waals surface area contributed by atoms with Crippen molar-refractivity contribution in [1.82, 2.24) is 5.32 Å². The van der Waals surface area contributed by atoms with E-state index < -0.39 is 17.5 Å². The summed E-state index contributed by atoms with van der Waals surface area (Å²) in [6, 6.07) is 2.13. The standard InChI is InChI=1S/C17H24F3N/c1-2-21-15(11-8-12-6-4-3-5-7-12)13-9-10-14(18)17(20)16(13)19/h9-10,12,15,21H,2-8,11H2,1H3. The van der Waals surface area contributed by atoms with Gasteiger partial charge >= 0.3 is 0 Å². The van der Waals surface area contributed by atoms with Crippen LogP contribution in [-0.2, 0) is 0 Å². The van der Waals surface area contributed by atoms with Crippen LogP contribution in [0.4, 0.5) is 13.2 Å². The molecule has 21 heavy (non-hydrogen) atoms. The Bertz CT molecular complexity index is 456. The Morgan fingerprint density at radius 3 is 2.48 bits per heavy atom. The molecule has 2 rings (SSSR count). The summed E-state index contributed by atoms with van der Waals surface area (Å²) in [6.07, 6.45) is 8.10. The molecule has 1 nitrogen and oxygen atoms in total. The quantitative estimate of drug-likeness (QED) is 0.719. The SMILES string of the molecule is CCNC(CCC1CCCCC1)c1ccc(F)c(F)c1F. The minimum Gasteiger partial charge on any atom is -0.310 e. The molecule has 0 bridgehead atoms. The molecule has 1 unspecified atom stereocenters. The van der Waals surface area contributed by atoms with Crippen LogP contribution in [0.2, 0.25) is 0 Å². The monoisotopic (exact) mass is 299 g/mol. The van der Waals surface area contributed by atoms with Crippen LogP contribution in [0.3, 0.4) is 0 Å². The minimum absolute atomic E-state index is 0.242. The van der Waals surface area contributed by atoms with Crippen molar-refractivity contribution in [2.45, 2.75) is 57.9 Å². The van der Waals surface area contributed by atoms with Gasteiger partial charge in [0, 0.05) is 11.6 Å². The molecular weight excluding hydrogens is 275 g/mol. The molecular formula is C17H24F3N. The lowest BCUT2D eigenvalue weighted by molar-refractivity contribution is 0.312. The highest BCUT2D eigenvalue weighted by atomic mass is 19.2. The number of halogens is 3. The van der Waals surface area contributed by atoms with Crippen LogP contribution in [0, 0.1) is 23.4 Å². The second kappa shape index (κ2) is 7.83. The number of benzene rings is 1. The van der Waals surface area contributed by atoms with Crippen molar-refractivity contribution in [3.8, 4) is 0 Å². The maximum atomic E-state index is 13.9. The Morgan fingerprint density at radius 2 is 1.81 bits per heavy atom. The van der Waals surface area contributed by atoms with Crippen molar-refractivity contribution in [3.63, 3.8) is 0 Å². The molecule has 0 spiro atoms. The molecule has 1 saturated carbocycles. The fraction of sp³-hybridized carbons (Fsp3) is 0.647. The molecule has 4 heteroatoms. The molecule has 0 radical (unpaired) electrons. The van der Waals surface area contributed by atoms with E-state index in [9.17, 15) is 13.2 Å². The van der Waals surface area contributed by atoms with Gasteiger partial charge in [-0.1, -0.05) is 45.1 Å². The first-order valence-electron chi connectivity index (χ1n) is 8.00. The second-order valence-electron chi connectivity index (χ2n) is 5.96. The third-order valence-electron chi connectivity index (χ3n) is 4.48. The Labute approximate surface area is 124 Å². The van der Waals surface area contributed by atoms with E-state index in [1.807, 2.05) is 6.92 Å². The molecule has 1 N–H and O–H groups in total. The van der Waals surface area contributed by atoms with E-state index in [-0.39, 0.29) is 11.6 Å². The van der Waals surface area contributed by atoms with Crippen molar-refractivity contribution >= 4 is 0 Å². The van der Waals surface area contributed by atoms with E-state index in [1.54, 1.807) is 0 Å². The van der Waals surface area contributed by atoms with Crippen LogP contribution >= 0.6 is 0 Å². The molecule has 1 aliphatic carbocycles. The van der Waals surface area contributed by atoms with Gasteiger partial charge < -0.3 is 5.32 Å². The molecule has 1 fully saturated rings. The molecule has 0 heterocycles. The summed E-state index contributed by atoms with van der Waals surface area (Å²) in [5.74, 6) is -2.86.